The number of hydrogen-bond donors (Lipinski definition) is 2. The van der Waals surface area contributed by atoms with Crippen LogP contribution in [0.5, 0.6) is 5.75 Å². The zero-order valence-electron chi connectivity index (χ0n) is 18.0. The normalized spacial score (nSPS) is 10.9. The van der Waals surface area contributed by atoms with E-state index < -0.39 is 0 Å². The van der Waals surface area contributed by atoms with E-state index in [2.05, 4.69) is 15.6 Å². The molecule has 32 heavy (non-hydrogen) atoms. The van der Waals surface area contributed by atoms with Crippen LogP contribution in [0.2, 0.25) is 0 Å². The van der Waals surface area contributed by atoms with Crippen LogP contribution < -0.4 is 15.4 Å². The molecular formula is C25H23N3O3S. The Balaban J connectivity index is 1.46. The van der Waals surface area contributed by atoms with Gasteiger partial charge in [0.05, 0.1) is 6.10 Å². The molecule has 0 saturated carbocycles. The van der Waals surface area contributed by atoms with Crippen molar-refractivity contribution in [3.05, 3.63) is 77.9 Å². The van der Waals surface area contributed by atoms with E-state index in [1.165, 1.54) is 0 Å². The maximum absolute atomic E-state index is 12.5. The number of thiocarbonyl (C=S) groups is 1. The first-order valence-corrected chi connectivity index (χ1v) is 10.7. The molecule has 1 heterocycles. The number of aromatic nitrogens is 1. The third-order valence-corrected chi connectivity index (χ3v) is 5.03. The van der Waals surface area contributed by atoms with E-state index >= 15 is 0 Å². The van der Waals surface area contributed by atoms with E-state index in [0.717, 1.165) is 27.9 Å². The lowest BCUT2D eigenvalue weighted by molar-refractivity contribution is 0.0977. The Morgan fingerprint density at radius 2 is 1.78 bits per heavy atom. The summed E-state index contributed by atoms with van der Waals surface area (Å²) in [4.78, 5) is 17.1. The number of rotatable bonds is 5. The second-order valence-corrected chi connectivity index (χ2v) is 7.97. The molecule has 0 radical (unpaired) electrons. The number of benzene rings is 3. The average molecular weight is 446 g/mol. The highest BCUT2D eigenvalue weighted by molar-refractivity contribution is 7.80. The van der Waals surface area contributed by atoms with Gasteiger partial charge in [-0.2, -0.15) is 0 Å². The van der Waals surface area contributed by atoms with Gasteiger partial charge in [0.25, 0.3) is 5.91 Å². The summed E-state index contributed by atoms with van der Waals surface area (Å²) in [6.45, 7) is 5.85. The third-order valence-electron chi connectivity index (χ3n) is 4.82. The van der Waals surface area contributed by atoms with Crippen molar-refractivity contribution in [1.29, 1.82) is 0 Å². The molecule has 4 rings (SSSR count). The summed E-state index contributed by atoms with van der Waals surface area (Å²) in [5, 5.41) is 6.02. The Bertz CT molecular complexity index is 1250. The minimum absolute atomic E-state index is 0.0696. The van der Waals surface area contributed by atoms with E-state index in [9.17, 15) is 4.79 Å². The first kappa shape index (κ1) is 21.5. The van der Waals surface area contributed by atoms with Crippen molar-refractivity contribution in [2.45, 2.75) is 26.9 Å². The van der Waals surface area contributed by atoms with Crippen LogP contribution in [0.4, 0.5) is 5.69 Å². The topological polar surface area (TPSA) is 76.4 Å². The highest BCUT2D eigenvalue weighted by atomic mass is 32.1. The maximum atomic E-state index is 12.5. The van der Waals surface area contributed by atoms with Crippen LogP contribution >= 0.6 is 12.2 Å². The molecule has 3 aromatic carbocycles. The summed E-state index contributed by atoms with van der Waals surface area (Å²) in [6.07, 6.45) is 0.0696. The van der Waals surface area contributed by atoms with Crippen LogP contribution in [-0.4, -0.2) is 22.1 Å². The van der Waals surface area contributed by atoms with Crippen molar-refractivity contribution in [2.24, 2.45) is 0 Å². The van der Waals surface area contributed by atoms with Gasteiger partial charge in [0, 0.05) is 16.8 Å². The van der Waals surface area contributed by atoms with Crippen LogP contribution in [0.3, 0.4) is 0 Å². The number of carbonyl (C=O) groups excluding carboxylic acids is 1. The predicted octanol–water partition coefficient (Wildman–Crippen LogP) is 5.72. The molecule has 1 aromatic heterocycles. The standard InChI is InChI=1S/C25H23N3O3S/c1-15(2)30-18-13-11-17(12-14-18)23(29)28-25(32)27-20-9-6-7-19(16(20)3)24-26-21-8-4-5-10-22(21)31-24/h4-15H,1-3H3,(H2,27,28,29,32). The smallest absolute Gasteiger partial charge is 0.257 e. The Hall–Kier alpha value is -3.71. The van der Waals surface area contributed by atoms with Gasteiger partial charge in [-0.05, 0) is 87.1 Å². The van der Waals surface area contributed by atoms with Gasteiger partial charge in [-0.15, -0.1) is 0 Å². The molecular weight excluding hydrogens is 422 g/mol. The third kappa shape index (κ3) is 4.78. The van der Waals surface area contributed by atoms with Gasteiger partial charge in [0.15, 0.2) is 10.7 Å². The van der Waals surface area contributed by atoms with Crippen molar-refractivity contribution in [3.8, 4) is 17.2 Å². The van der Waals surface area contributed by atoms with Crippen LogP contribution in [0.25, 0.3) is 22.6 Å². The van der Waals surface area contributed by atoms with E-state index in [0.29, 0.717) is 17.2 Å². The van der Waals surface area contributed by atoms with Crippen molar-refractivity contribution in [2.75, 3.05) is 5.32 Å². The first-order chi connectivity index (χ1) is 15.4. The number of carbonyl (C=O) groups is 1. The largest absolute Gasteiger partial charge is 0.491 e. The number of para-hydroxylation sites is 2. The van der Waals surface area contributed by atoms with Crippen molar-refractivity contribution < 1.29 is 13.9 Å². The van der Waals surface area contributed by atoms with Gasteiger partial charge >= 0.3 is 0 Å². The lowest BCUT2D eigenvalue weighted by Crippen LogP contribution is -2.34. The highest BCUT2D eigenvalue weighted by Crippen LogP contribution is 2.30. The Kier molecular flexibility index (Phi) is 6.18. The number of anilines is 1. The fourth-order valence-electron chi connectivity index (χ4n) is 3.28. The summed E-state index contributed by atoms with van der Waals surface area (Å²) in [5.41, 5.74) is 4.53. The molecule has 0 saturated heterocycles. The molecule has 0 atom stereocenters. The number of hydrogen-bond acceptors (Lipinski definition) is 5. The molecule has 7 heteroatoms. The van der Waals surface area contributed by atoms with Gasteiger partial charge in [-0.25, -0.2) is 4.98 Å². The predicted molar refractivity (Wildman–Crippen MR) is 130 cm³/mol. The zero-order chi connectivity index (χ0) is 22.7. The molecule has 162 valence electrons. The second kappa shape index (κ2) is 9.20. The Labute approximate surface area is 191 Å². The molecule has 6 nitrogen and oxygen atoms in total. The van der Waals surface area contributed by atoms with E-state index in [1.54, 1.807) is 24.3 Å². The lowest BCUT2D eigenvalue weighted by atomic mass is 10.1. The monoisotopic (exact) mass is 445 g/mol. The molecule has 0 spiro atoms. The number of fused-ring (bicyclic) bond motifs is 1. The molecule has 2 N–H and O–H groups in total. The number of nitrogens with zero attached hydrogens (tertiary/aromatic N) is 1. The molecule has 0 aliphatic carbocycles. The molecule has 1 amide bonds. The summed E-state index contributed by atoms with van der Waals surface area (Å²) < 4.78 is 11.5. The number of amides is 1. The summed E-state index contributed by atoms with van der Waals surface area (Å²) in [6, 6.07) is 20.3. The summed E-state index contributed by atoms with van der Waals surface area (Å²) in [5.74, 6) is 0.946. The van der Waals surface area contributed by atoms with Crippen molar-refractivity contribution in [1.82, 2.24) is 10.3 Å². The van der Waals surface area contributed by atoms with Crippen LogP contribution in [0, 0.1) is 6.92 Å². The highest BCUT2D eigenvalue weighted by Gasteiger charge is 2.14. The average Bonchev–Trinajstić information content (AvgIpc) is 3.19. The maximum Gasteiger partial charge on any atom is 0.257 e. The quantitative estimate of drug-likeness (QED) is 0.383. The second-order valence-electron chi connectivity index (χ2n) is 7.56. The summed E-state index contributed by atoms with van der Waals surface area (Å²) in [7, 11) is 0. The van der Waals surface area contributed by atoms with E-state index in [4.69, 9.17) is 21.4 Å². The van der Waals surface area contributed by atoms with Crippen LogP contribution in [-0.2, 0) is 0 Å². The molecule has 0 aliphatic heterocycles. The summed E-state index contributed by atoms with van der Waals surface area (Å²) >= 11 is 5.36. The fraction of sp³-hybridized carbons (Fsp3) is 0.160. The van der Waals surface area contributed by atoms with Gasteiger partial charge in [0.2, 0.25) is 5.89 Å². The minimum Gasteiger partial charge on any atom is -0.491 e. The number of oxazole rings is 1. The van der Waals surface area contributed by atoms with Crippen LogP contribution in [0.1, 0.15) is 29.8 Å². The molecule has 0 bridgehead atoms. The van der Waals surface area contributed by atoms with Crippen molar-refractivity contribution >= 4 is 40.0 Å². The molecule has 0 unspecified atom stereocenters. The fourth-order valence-corrected chi connectivity index (χ4v) is 3.48. The Morgan fingerprint density at radius 3 is 2.50 bits per heavy atom. The molecule has 0 aliphatic rings. The molecule has 4 aromatic rings. The van der Waals surface area contributed by atoms with Crippen molar-refractivity contribution in [3.63, 3.8) is 0 Å². The van der Waals surface area contributed by atoms with Gasteiger partial charge in [-0.3, -0.25) is 10.1 Å². The number of nitrogens with one attached hydrogen (secondary N) is 2. The minimum atomic E-state index is -0.300. The SMILES string of the molecule is Cc1c(NC(=S)NC(=O)c2ccc(OC(C)C)cc2)cccc1-c1nc2ccccc2o1. The van der Waals surface area contributed by atoms with Crippen LogP contribution in [0.15, 0.2) is 71.1 Å². The zero-order valence-corrected chi connectivity index (χ0v) is 18.8. The number of ether oxygens (including phenoxy) is 1. The lowest BCUT2D eigenvalue weighted by Gasteiger charge is -2.14. The van der Waals surface area contributed by atoms with Gasteiger partial charge < -0.3 is 14.5 Å². The molecule has 0 fully saturated rings. The Morgan fingerprint density at radius 1 is 1.03 bits per heavy atom. The van der Waals surface area contributed by atoms with Gasteiger partial charge in [0.1, 0.15) is 11.3 Å². The van der Waals surface area contributed by atoms with E-state index in [1.807, 2.05) is 63.2 Å². The van der Waals surface area contributed by atoms with Gasteiger partial charge in [-0.1, -0.05) is 18.2 Å². The first-order valence-electron chi connectivity index (χ1n) is 10.3. The van der Waals surface area contributed by atoms with E-state index in [-0.39, 0.29) is 17.1 Å².